The summed E-state index contributed by atoms with van der Waals surface area (Å²) in [5.41, 5.74) is -0.496. The van der Waals surface area contributed by atoms with Gasteiger partial charge in [0.1, 0.15) is 5.60 Å². The summed E-state index contributed by atoms with van der Waals surface area (Å²) in [6.45, 7) is 7.33. The fourth-order valence-corrected chi connectivity index (χ4v) is 1.66. The number of rotatable bonds is 3. The second kappa shape index (κ2) is 5.66. The predicted molar refractivity (Wildman–Crippen MR) is 62.7 cm³/mol. The summed E-state index contributed by atoms with van der Waals surface area (Å²) in [5, 5.41) is 21.3. The molecule has 1 aliphatic heterocycles. The van der Waals surface area contributed by atoms with Gasteiger partial charge in [-0.05, 0) is 20.8 Å². The lowest BCUT2D eigenvalue weighted by Gasteiger charge is -2.20. The normalized spacial score (nSPS) is 25.9. The molecule has 1 heterocycles. The van der Waals surface area contributed by atoms with E-state index >= 15 is 0 Å². The molecule has 1 amide bonds. The van der Waals surface area contributed by atoms with Crippen molar-refractivity contribution in [2.45, 2.75) is 38.6 Å². The van der Waals surface area contributed by atoms with Crippen LogP contribution in [0.25, 0.3) is 0 Å². The largest absolute Gasteiger partial charge is 0.444 e. The highest BCUT2D eigenvalue weighted by Crippen LogP contribution is 2.09. The Kier molecular flexibility index (Phi) is 4.73. The molecule has 0 spiro atoms. The van der Waals surface area contributed by atoms with E-state index in [1.54, 1.807) is 20.8 Å². The molecular weight excluding hydrogens is 224 g/mol. The van der Waals surface area contributed by atoms with E-state index in [9.17, 15) is 15.0 Å². The van der Waals surface area contributed by atoms with Crippen molar-refractivity contribution in [2.75, 3.05) is 26.2 Å². The first-order chi connectivity index (χ1) is 7.78. The zero-order chi connectivity index (χ0) is 13.1. The molecule has 1 aliphatic rings. The summed E-state index contributed by atoms with van der Waals surface area (Å²) in [6.07, 6.45) is -1.81. The smallest absolute Gasteiger partial charge is 0.407 e. The quantitative estimate of drug-likeness (QED) is 0.628. The lowest BCUT2D eigenvalue weighted by atomic mass is 10.2. The minimum absolute atomic E-state index is 0.439. The van der Waals surface area contributed by atoms with Gasteiger partial charge in [0.05, 0.1) is 12.2 Å². The Balaban J connectivity index is 2.14. The fraction of sp³-hybridized carbons (Fsp3) is 0.909. The van der Waals surface area contributed by atoms with Gasteiger partial charge in [-0.25, -0.2) is 4.79 Å². The number of aliphatic hydroxyl groups excluding tert-OH is 2. The molecular formula is C11H22N2O4. The Labute approximate surface area is 102 Å². The van der Waals surface area contributed by atoms with E-state index in [4.69, 9.17) is 4.74 Å². The second-order valence-corrected chi connectivity index (χ2v) is 5.32. The molecule has 2 atom stereocenters. The second-order valence-electron chi connectivity index (χ2n) is 5.32. The van der Waals surface area contributed by atoms with Crippen LogP contribution in [0.15, 0.2) is 0 Å². The van der Waals surface area contributed by atoms with E-state index in [-0.39, 0.29) is 0 Å². The van der Waals surface area contributed by atoms with Crippen molar-refractivity contribution in [1.29, 1.82) is 0 Å². The molecule has 3 N–H and O–H groups in total. The first-order valence-corrected chi connectivity index (χ1v) is 5.83. The van der Waals surface area contributed by atoms with Crippen LogP contribution in [0.3, 0.4) is 0 Å². The van der Waals surface area contributed by atoms with Crippen LogP contribution in [0.1, 0.15) is 20.8 Å². The first kappa shape index (κ1) is 14.2. The number of carbonyl (C=O) groups excluding carboxylic acids is 1. The topological polar surface area (TPSA) is 82.0 Å². The minimum atomic E-state index is -0.684. The number of β-amino-alcohol motifs (C(OH)–C–C–N with tert-alkyl or cyclic N) is 2. The summed E-state index contributed by atoms with van der Waals surface area (Å²) >= 11 is 0. The summed E-state index contributed by atoms with van der Waals surface area (Å²) in [5.74, 6) is 0. The average molecular weight is 246 g/mol. The van der Waals surface area contributed by atoms with E-state index in [0.717, 1.165) is 0 Å². The monoisotopic (exact) mass is 246 g/mol. The van der Waals surface area contributed by atoms with Crippen LogP contribution >= 0.6 is 0 Å². The van der Waals surface area contributed by atoms with E-state index < -0.39 is 23.9 Å². The van der Waals surface area contributed by atoms with Crippen LogP contribution in [-0.2, 0) is 4.74 Å². The Morgan fingerprint density at radius 1 is 1.35 bits per heavy atom. The van der Waals surface area contributed by atoms with Crippen LogP contribution < -0.4 is 5.32 Å². The molecule has 0 aromatic heterocycles. The van der Waals surface area contributed by atoms with Gasteiger partial charge in [-0.1, -0.05) is 0 Å². The van der Waals surface area contributed by atoms with Crippen LogP contribution in [0.5, 0.6) is 0 Å². The maximum Gasteiger partial charge on any atom is 0.407 e. The van der Waals surface area contributed by atoms with Gasteiger partial charge in [-0.3, -0.25) is 4.90 Å². The molecule has 100 valence electrons. The molecule has 0 aliphatic carbocycles. The van der Waals surface area contributed by atoms with Crippen molar-refractivity contribution in [3.05, 3.63) is 0 Å². The minimum Gasteiger partial charge on any atom is -0.444 e. The fourth-order valence-electron chi connectivity index (χ4n) is 1.66. The van der Waals surface area contributed by atoms with Crippen molar-refractivity contribution >= 4 is 6.09 Å². The van der Waals surface area contributed by atoms with Crippen molar-refractivity contribution in [2.24, 2.45) is 0 Å². The molecule has 0 bridgehead atoms. The number of nitrogens with zero attached hydrogens (tertiary/aromatic N) is 1. The first-order valence-electron chi connectivity index (χ1n) is 5.83. The highest BCUT2D eigenvalue weighted by Gasteiger charge is 2.29. The standard InChI is InChI=1S/C11H22N2O4/c1-11(2,3)17-10(16)12-4-5-13-6-8(14)9(15)7-13/h8-9,14-15H,4-7H2,1-3H3,(H,12,16)/t8-,9-/m1/s1. The molecule has 6 nitrogen and oxygen atoms in total. The van der Waals surface area contributed by atoms with Crippen LogP contribution in [-0.4, -0.2) is 65.2 Å². The molecule has 0 unspecified atom stereocenters. The van der Waals surface area contributed by atoms with Crippen LogP contribution in [0.4, 0.5) is 4.79 Å². The van der Waals surface area contributed by atoms with Gasteiger partial charge < -0.3 is 20.3 Å². The Hall–Kier alpha value is -0.850. The Morgan fingerprint density at radius 3 is 2.35 bits per heavy atom. The number of ether oxygens (including phenoxy) is 1. The van der Waals surface area contributed by atoms with E-state index in [1.807, 2.05) is 4.90 Å². The number of hydrogen-bond donors (Lipinski definition) is 3. The third-order valence-electron chi connectivity index (χ3n) is 2.43. The maximum atomic E-state index is 11.3. The van der Waals surface area contributed by atoms with E-state index in [0.29, 0.717) is 26.2 Å². The van der Waals surface area contributed by atoms with Crippen molar-refractivity contribution in [1.82, 2.24) is 10.2 Å². The number of likely N-dealkylation sites (tertiary alicyclic amines) is 1. The molecule has 1 saturated heterocycles. The zero-order valence-corrected chi connectivity index (χ0v) is 10.6. The van der Waals surface area contributed by atoms with Gasteiger partial charge in [0.15, 0.2) is 0 Å². The van der Waals surface area contributed by atoms with Crippen LogP contribution in [0.2, 0.25) is 0 Å². The maximum absolute atomic E-state index is 11.3. The number of alkyl carbamates (subject to hydrolysis) is 1. The average Bonchev–Trinajstić information content (AvgIpc) is 2.43. The predicted octanol–water partition coefficient (Wildman–Crippen LogP) is -0.452. The van der Waals surface area contributed by atoms with E-state index in [1.165, 1.54) is 0 Å². The molecule has 0 aromatic rings. The lowest BCUT2D eigenvalue weighted by Crippen LogP contribution is -2.37. The molecule has 6 heteroatoms. The molecule has 0 radical (unpaired) electrons. The van der Waals surface area contributed by atoms with Gasteiger partial charge in [0, 0.05) is 26.2 Å². The number of aliphatic hydroxyl groups is 2. The molecule has 1 fully saturated rings. The van der Waals surface area contributed by atoms with E-state index in [2.05, 4.69) is 5.32 Å². The van der Waals surface area contributed by atoms with Gasteiger partial charge in [0.2, 0.25) is 0 Å². The molecule has 17 heavy (non-hydrogen) atoms. The number of amides is 1. The van der Waals surface area contributed by atoms with Gasteiger partial charge in [0.25, 0.3) is 0 Å². The van der Waals surface area contributed by atoms with Crippen molar-refractivity contribution in [3.63, 3.8) is 0 Å². The SMILES string of the molecule is CC(C)(C)OC(=O)NCCN1C[C@@H](O)[C@H](O)C1. The van der Waals surface area contributed by atoms with Crippen LogP contribution in [0, 0.1) is 0 Å². The molecule has 1 rings (SSSR count). The number of carbonyl (C=O) groups is 1. The lowest BCUT2D eigenvalue weighted by molar-refractivity contribution is 0.0523. The molecule has 0 saturated carbocycles. The van der Waals surface area contributed by atoms with Gasteiger partial charge in [-0.15, -0.1) is 0 Å². The summed E-state index contributed by atoms with van der Waals surface area (Å²) in [7, 11) is 0. The Bertz CT molecular complexity index is 255. The highest BCUT2D eigenvalue weighted by molar-refractivity contribution is 5.67. The Morgan fingerprint density at radius 2 is 1.88 bits per heavy atom. The van der Waals surface area contributed by atoms with Crippen molar-refractivity contribution in [3.8, 4) is 0 Å². The number of hydrogen-bond acceptors (Lipinski definition) is 5. The van der Waals surface area contributed by atoms with Gasteiger partial charge in [-0.2, -0.15) is 0 Å². The van der Waals surface area contributed by atoms with Crippen molar-refractivity contribution < 1.29 is 19.7 Å². The molecule has 0 aromatic carbocycles. The number of nitrogens with one attached hydrogen (secondary N) is 1. The zero-order valence-electron chi connectivity index (χ0n) is 10.6. The summed E-state index contributed by atoms with van der Waals surface area (Å²) in [4.78, 5) is 13.2. The third-order valence-corrected chi connectivity index (χ3v) is 2.43. The summed E-state index contributed by atoms with van der Waals surface area (Å²) < 4.78 is 5.08. The van der Waals surface area contributed by atoms with Gasteiger partial charge >= 0.3 is 6.09 Å². The third kappa shape index (κ3) is 5.34. The highest BCUT2D eigenvalue weighted by atomic mass is 16.6. The summed E-state index contributed by atoms with van der Waals surface area (Å²) in [6, 6.07) is 0.